The summed E-state index contributed by atoms with van der Waals surface area (Å²) >= 11 is 0. The molecule has 0 saturated heterocycles. The lowest BCUT2D eigenvalue weighted by molar-refractivity contribution is -0.141. The molecule has 0 aliphatic rings. The van der Waals surface area contributed by atoms with Gasteiger partial charge in [0.1, 0.15) is 5.69 Å². The van der Waals surface area contributed by atoms with Gasteiger partial charge in [-0.15, -0.1) is 0 Å². The van der Waals surface area contributed by atoms with E-state index in [0.29, 0.717) is 5.56 Å². The minimum absolute atomic E-state index is 0.217. The van der Waals surface area contributed by atoms with E-state index in [-0.39, 0.29) is 11.3 Å². The number of carbonyl (C=O) groups excluding carboxylic acids is 1. The van der Waals surface area contributed by atoms with Gasteiger partial charge in [-0.25, -0.2) is 4.79 Å². The van der Waals surface area contributed by atoms with E-state index in [1.165, 1.54) is 6.92 Å². The number of alkyl halides is 3. The number of hydrogen-bond donors (Lipinski definition) is 1. The molecule has 0 atom stereocenters. The molecule has 0 aliphatic heterocycles. The van der Waals surface area contributed by atoms with Gasteiger partial charge in [0.2, 0.25) is 0 Å². The highest BCUT2D eigenvalue weighted by Gasteiger charge is 2.40. The van der Waals surface area contributed by atoms with Crippen molar-refractivity contribution in [3.63, 3.8) is 0 Å². The molecule has 1 heterocycles. The van der Waals surface area contributed by atoms with Crippen molar-refractivity contribution in [2.24, 2.45) is 0 Å². The van der Waals surface area contributed by atoms with Crippen LogP contribution in [0.1, 0.15) is 27.3 Å². The first kappa shape index (κ1) is 15.2. The van der Waals surface area contributed by atoms with Crippen LogP contribution in [0.5, 0.6) is 0 Å². The van der Waals surface area contributed by atoms with E-state index in [0.717, 1.165) is 12.7 Å². The summed E-state index contributed by atoms with van der Waals surface area (Å²) < 4.78 is 43.7. The third-order valence-corrected chi connectivity index (χ3v) is 3.20. The molecule has 1 aromatic carbocycles. The van der Waals surface area contributed by atoms with Crippen molar-refractivity contribution in [1.82, 2.24) is 4.98 Å². The van der Waals surface area contributed by atoms with E-state index >= 15 is 0 Å². The van der Waals surface area contributed by atoms with Gasteiger partial charge in [-0.05, 0) is 19.4 Å². The van der Waals surface area contributed by atoms with Crippen molar-refractivity contribution in [3.8, 4) is 11.1 Å². The molecule has 3 nitrogen and oxygen atoms in total. The van der Waals surface area contributed by atoms with E-state index in [1.807, 2.05) is 6.92 Å². The van der Waals surface area contributed by atoms with E-state index in [4.69, 9.17) is 0 Å². The zero-order chi connectivity index (χ0) is 15.8. The first-order valence-corrected chi connectivity index (χ1v) is 6.20. The first-order valence-electron chi connectivity index (χ1n) is 6.20. The number of H-pyrrole nitrogens is 1. The Kier molecular flexibility index (Phi) is 3.80. The Balaban J connectivity index is 2.73. The molecule has 112 valence electrons. The first-order chi connectivity index (χ1) is 9.75. The van der Waals surface area contributed by atoms with Crippen LogP contribution < -0.4 is 0 Å². The number of aryl methyl sites for hydroxylation is 2. The summed E-state index contributed by atoms with van der Waals surface area (Å²) in [7, 11) is 1.06. The van der Waals surface area contributed by atoms with Gasteiger partial charge < -0.3 is 9.72 Å². The maximum Gasteiger partial charge on any atom is 0.432 e. The van der Waals surface area contributed by atoms with Crippen molar-refractivity contribution in [3.05, 3.63) is 46.8 Å². The number of rotatable bonds is 2. The number of hydrogen-bond acceptors (Lipinski definition) is 2. The molecule has 0 spiro atoms. The van der Waals surface area contributed by atoms with E-state index in [1.54, 1.807) is 24.3 Å². The van der Waals surface area contributed by atoms with Crippen LogP contribution >= 0.6 is 0 Å². The van der Waals surface area contributed by atoms with Crippen LogP contribution in [0.3, 0.4) is 0 Å². The minimum Gasteiger partial charge on any atom is -0.465 e. The summed E-state index contributed by atoms with van der Waals surface area (Å²) in [5.74, 6) is -1.01. The minimum atomic E-state index is -4.66. The zero-order valence-electron chi connectivity index (χ0n) is 11.8. The summed E-state index contributed by atoms with van der Waals surface area (Å²) in [6.07, 6.45) is -4.66. The molecule has 0 bridgehead atoms. The fourth-order valence-corrected chi connectivity index (χ4v) is 2.22. The lowest BCUT2D eigenvalue weighted by Gasteiger charge is -2.09. The topological polar surface area (TPSA) is 42.1 Å². The average Bonchev–Trinajstić information content (AvgIpc) is 2.76. The average molecular weight is 297 g/mol. The second-order valence-corrected chi connectivity index (χ2v) is 4.73. The summed E-state index contributed by atoms with van der Waals surface area (Å²) in [5.41, 5.74) is 0.433. The Morgan fingerprint density at radius 3 is 2.19 bits per heavy atom. The summed E-state index contributed by atoms with van der Waals surface area (Å²) in [6.45, 7) is 3.37. The maximum absolute atomic E-state index is 13.1. The molecule has 1 N–H and O–H groups in total. The van der Waals surface area contributed by atoms with Crippen LogP contribution in [0.4, 0.5) is 13.2 Å². The monoisotopic (exact) mass is 297 g/mol. The maximum atomic E-state index is 13.1. The molecule has 6 heteroatoms. The molecular formula is C15H14F3NO2. The van der Waals surface area contributed by atoms with Gasteiger partial charge in [-0.3, -0.25) is 0 Å². The number of esters is 1. The molecule has 0 unspecified atom stereocenters. The fourth-order valence-electron chi connectivity index (χ4n) is 2.22. The molecule has 0 saturated carbocycles. The molecule has 2 aromatic rings. The molecule has 0 fully saturated rings. The molecule has 21 heavy (non-hydrogen) atoms. The van der Waals surface area contributed by atoms with Gasteiger partial charge in [-0.2, -0.15) is 13.2 Å². The number of carbonyl (C=O) groups is 1. The number of ether oxygens (including phenoxy) is 1. The third-order valence-electron chi connectivity index (χ3n) is 3.20. The molecule has 1 aromatic heterocycles. The van der Waals surface area contributed by atoms with Crippen LogP contribution in [-0.4, -0.2) is 18.1 Å². The quantitative estimate of drug-likeness (QED) is 0.848. The van der Waals surface area contributed by atoms with Gasteiger partial charge in [-0.1, -0.05) is 29.8 Å². The van der Waals surface area contributed by atoms with Crippen LogP contribution in [0, 0.1) is 13.8 Å². The predicted molar refractivity (Wildman–Crippen MR) is 72.0 cm³/mol. The standard InChI is InChI=1S/C15H14F3NO2/c1-8-4-6-10(7-5-8)11-9(2)19-13(15(16,17)18)12(11)14(20)21-3/h4-7,19H,1-3H3. The van der Waals surface area contributed by atoms with Crippen molar-refractivity contribution in [2.75, 3.05) is 7.11 Å². The normalized spacial score (nSPS) is 11.5. The zero-order valence-corrected chi connectivity index (χ0v) is 11.8. The van der Waals surface area contributed by atoms with E-state index in [2.05, 4.69) is 9.72 Å². The lowest BCUT2D eigenvalue weighted by Crippen LogP contribution is -2.13. The van der Waals surface area contributed by atoms with Crippen LogP contribution in [0.2, 0.25) is 0 Å². The largest absolute Gasteiger partial charge is 0.465 e. The van der Waals surface area contributed by atoms with Gasteiger partial charge in [0.25, 0.3) is 0 Å². The van der Waals surface area contributed by atoms with Crippen LogP contribution in [0.15, 0.2) is 24.3 Å². The van der Waals surface area contributed by atoms with Gasteiger partial charge in [0, 0.05) is 11.3 Å². The van der Waals surface area contributed by atoms with Gasteiger partial charge in [0.05, 0.1) is 12.7 Å². The number of halogens is 3. The predicted octanol–water partition coefficient (Wildman–Crippen LogP) is 4.10. The Morgan fingerprint density at radius 1 is 1.14 bits per heavy atom. The number of methoxy groups -OCH3 is 1. The molecule has 0 radical (unpaired) electrons. The number of aromatic nitrogens is 1. The number of aromatic amines is 1. The summed E-state index contributed by atoms with van der Waals surface area (Å²) in [6, 6.07) is 6.91. The lowest BCUT2D eigenvalue weighted by atomic mass is 9.99. The van der Waals surface area contributed by atoms with E-state index < -0.39 is 23.4 Å². The highest BCUT2D eigenvalue weighted by Crippen LogP contribution is 2.38. The second-order valence-electron chi connectivity index (χ2n) is 4.73. The highest BCUT2D eigenvalue weighted by molar-refractivity contribution is 5.99. The second kappa shape index (κ2) is 5.27. The fraction of sp³-hybridized carbons (Fsp3) is 0.267. The summed E-state index contributed by atoms with van der Waals surface area (Å²) in [5, 5.41) is 0. The summed E-state index contributed by atoms with van der Waals surface area (Å²) in [4.78, 5) is 14.1. The highest BCUT2D eigenvalue weighted by atomic mass is 19.4. The van der Waals surface area contributed by atoms with Crippen molar-refractivity contribution in [2.45, 2.75) is 20.0 Å². The smallest absolute Gasteiger partial charge is 0.432 e. The van der Waals surface area contributed by atoms with Crippen LogP contribution in [0.25, 0.3) is 11.1 Å². The van der Waals surface area contributed by atoms with Gasteiger partial charge in [0.15, 0.2) is 0 Å². The number of benzene rings is 1. The van der Waals surface area contributed by atoms with Crippen LogP contribution in [-0.2, 0) is 10.9 Å². The molecular weight excluding hydrogens is 283 g/mol. The molecule has 2 rings (SSSR count). The number of nitrogens with one attached hydrogen (secondary N) is 1. The third kappa shape index (κ3) is 2.79. The molecule has 0 amide bonds. The van der Waals surface area contributed by atoms with Gasteiger partial charge >= 0.3 is 12.1 Å². The van der Waals surface area contributed by atoms with Crippen molar-refractivity contribution >= 4 is 5.97 Å². The Labute approximate surface area is 119 Å². The van der Waals surface area contributed by atoms with Crippen molar-refractivity contribution in [1.29, 1.82) is 0 Å². The molecule has 0 aliphatic carbocycles. The van der Waals surface area contributed by atoms with Crippen molar-refractivity contribution < 1.29 is 22.7 Å². The Morgan fingerprint density at radius 2 is 1.71 bits per heavy atom. The SMILES string of the molecule is COC(=O)c1c(C(F)(F)F)[nH]c(C)c1-c1ccc(C)cc1. The Hall–Kier alpha value is -2.24. The van der Waals surface area contributed by atoms with E-state index in [9.17, 15) is 18.0 Å². The Bertz CT molecular complexity index is 669.